The molecule has 0 aliphatic heterocycles. The van der Waals surface area contributed by atoms with E-state index < -0.39 is 10.4 Å². The van der Waals surface area contributed by atoms with E-state index in [2.05, 4.69) is 21.9 Å². The second-order valence-electron chi connectivity index (χ2n) is 4.28. The van der Waals surface area contributed by atoms with E-state index in [1.807, 2.05) is 0 Å². The number of unbranched alkanes of at least 4 members (excludes halogenated alkanes) is 7. The first-order valence-electron chi connectivity index (χ1n) is 6.77. The molecular weight excluding hydrogens is 275 g/mol. The van der Waals surface area contributed by atoms with Gasteiger partial charge in [0.25, 0.3) is 0 Å². The van der Waals surface area contributed by atoms with Crippen LogP contribution in [0.2, 0.25) is 0 Å². The SMILES string of the molecule is C=CCOS(=O)(=O)OCCCCCCCCCC.[H-].[Na+]. The quantitative estimate of drug-likeness (QED) is 0.286. The van der Waals surface area contributed by atoms with Crippen molar-refractivity contribution >= 4 is 10.4 Å². The summed E-state index contributed by atoms with van der Waals surface area (Å²) in [5.74, 6) is 0. The molecule has 19 heavy (non-hydrogen) atoms. The van der Waals surface area contributed by atoms with Crippen molar-refractivity contribution in [1.82, 2.24) is 0 Å². The fourth-order valence-electron chi connectivity index (χ4n) is 1.56. The summed E-state index contributed by atoms with van der Waals surface area (Å²) in [5.41, 5.74) is 0. The van der Waals surface area contributed by atoms with Gasteiger partial charge in [0.05, 0.1) is 13.2 Å². The molecule has 0 spiro atoms. The van der Waals surface area contributed by atoms with E-state index in [0.29, 0.717) is 0 Å². The number of hydrogen-bond donors (Lipinski definition) is 0. The molecule has 0 saturated heterocycles. The van der Waals surface area contributed by atoms with Crippen molar-refractivity contribution in [1.29, 1.82) is 0 Å². The topological polar surface area (TPSA) is 52.6 Å². The molecule has 0 bridgehead atoms. The molecule has 0 saturated carbocycles. The standard InChI is InChI=1S/C13H26O4S.Na.H/c1-3-5-6-7-8-9-10-11-13-17-18(14,15)16-12-4-2;;/h4H,2-3,5-13H2,1H3;;/q;+1;-1. The third-order valence-electron chi connectivity index (χ3n) is 2.56. The Morgan fingerprint density at radius 2 is 1.53 bits per heavy atom. The van der Waals surface area contributed by atoms with Gasteiger partial charge in [-0.1, -0.05) is 57.9 Å². The molecule has 0 atom stereocenters. The van der Waals surface area contributed by atoms with E-state index >= 15 is 0 Å². The van der Waals surface area contributed by atoms with Gasteiger partial charge in [-0.25, -0.2) is 8.37 Å². The molecule has 0 N–H and O–H groups in total. The first kappa shape index (κ1) is 21.9. The van der Waals surface area contributed by atoms with Gasteiger partial charge in [-0.05, 0) is 6.42 Å². The van der Waals surface area contributed by atoms with E-state index in [1.54, 1.807) is 0 Å². The minimum atomic E-state index is -3.82. The van der Waals surface area contributed by atoms with Crippen LogP contribution in [-0.2, 0) is 18.8 Å². The van der Waals surface area contributed by atoms with Gasteiger partial charge >= 0.3 is 40.0 Å². The largest absolute Gasteiger partial charge is 1.00 e. The minimum Gasteiger partial charge on any atom is -1.00 e. The van der Waals surface area contributed by atoms with Crippen molar-refractivity contribution in [2.24, 2.45) is 0 Å². The zero-order chi connectivity index (χ0) is 13.7. The van der Waals surface area contributed by atoms with Gasteiger partial charge in [0, 0.05) is 0 Å². The Kier molecular flexibility index (Phi) is 17.3. The molecule has 0 fully saturated rings. The molecule has 0 heterocycles. The zero-order valence-corrected chi connectivity index (χ0v) is 15.2. The second kappa shape index (κ2) is 15.0. The monoisotopic (exact) mass is 302 g/mol. The fourth-order valence-corrected chi connectivity index (χ4v) is 2.22. The Morgan fingerprint density at radius 3 is 2.05 bits per heavy atom. The molecule has 6 heteroatoms. The van der Waals surface area contributed by atoms with Gasteiger partial charge < -0.3 is 1.43 Å². The van der Waals surface area contributed by atoms with Gasteiger partial charge in [-0.2, -0.15) is 8.42 Å². The first-order valence-corrected chi connectivity index (χ1v) is 8.10. The Bertz CT molecular complexity index is 297. The fraction of sp³-hybridized carbons (Fsp3) is 0.846. The maximum atomic E-state index is 11.1. The van der Waals surface area contributed by atoms with Gasteiger partial charge in [0.1, 0.15) is 0 Å². The molecule has 0 rings (SSSR count). The van der Waals surface area contributed by atoms with Crippen molar-refractivity contribution in [3.8, 4) is 0 Å². The summed E-state index contributed by atoms with van der Waals surface area (Å²) in [7, 11) is -3.82. The summed E-state index contributed by atoms with van der Waals surface area (Å²) in [6.07, 6.45) is 10.6. The van der Waals surface area contributed by atoms with Crippen LogP contribution in [0.4, 0.5) is 0 Å². The van der Waals surface area contributed by atoms with Gasteiger partial charge in [-0.3, -0.25) is 0 Å². The number of rotatable bonds is 13. The van der Waals surface area contributed by atoms with Crippen LogP contribution in [0.25, 0.3) is 0 Å². The van der Waals surface area contributed by atoms with Crippen molar-refractivity contribution in [2.45, 2.75) is 58.3 Å². The van der Waals surface area contributed by atoms with Gasteiger partial charge in [0.15, 0.2) is 0 Å². The molecular formula is C13H27NaO4S. The van der Waals surface area contributed by atoms with Crippen LogP contribution in [0.1, 0.15) is 59.7 Å². The van der Waals surface area contributed by atoms with Gasteiger partial charge in [-0.15, -0.1) is 6.58 Å². The van der Waals surface area contributed by atoms with Crippen molar-refractivity contribution in [3.63, 3.8) is 0 Å². The smallest absolute Gasteiger partial charge is 1.00 e. The van der Waals surface area contributed by atoms with Crippen molar-refractivity contribution in [3.05, 3.63) is 12.7 Å². The Labute approximate surface area is 142 Å². The first-order chi connectivity index (χ1) is 8.62. The molecule has 0 amide bonds. The average Bonchev–Trinajstić information content (AvgIpc) is 2.34. The van der Waals surface area contributed by atoms with E-state index in [9.17, 15) is 8.42 Å². The Balaban J connectivity index is -0.00000144. The summed E-state index contributed by atoms with van der Waals surface area (Å²) in [5, 5.41) is 0. The van der Waals surface area contributed by atoms with Crippen LogP contribution in [0.3, 0.4) is 0 Å². The van der Waals surface area contributed by atoms with Crippen LogP contribution in [0, 0.1) is 0 Å². The molecule has 0 aliphatic carbocycles. The van der Waals surface area contributed by atoms with E-state index in [1.165, 1.54) is 38.2 Å². The van der Waals surface area contributed by atoms with E-state index in [4.69, 9.17) is 0 Å². The molecule has 0 aromatic carbocycles. The minimum absolute atomic E-state index is 0. The van der Waals surface area contributed by atoms with Crippen LogP contribution in [0.15, 0.2) is 12.7 Å². The number of hydrogen-bond acceptors (Lipinski definition) is 4. The normalized spacial score (nSPS) is 11.0. The molecule has 110 valence electrons. The molecule has 0 aromatic heterocycles. The van der Waals surface area contributed by atoms with Crippen molar-refractivity contribution in [2.75, 3.05) is 13.2 Å². The summed E-state index contributed by atoms with van der Waals surface area (Å²) < 4.78 is 31.4. The Morgan fingerprint density at radius 1 is 1.00 bits per heavy atom. The predicted molar refractivity (Wildman–Crippen MR) is 74.7 cm³/mol. The third kappa shape index (κ3) is 16.6. The average molecular weight is 302 g/mol. The summed E-state index contributed by atoms with van der Waals surface area (Å²) >= 11 is 0. The summed E-state index contributed by atoms with van der Waals surface area (Å²) in [6.45, 7) is 5.73. The predicted octanol–water partition coefficient (Wildman–Crippen LogP) is 0.708. The van der Waals surface area contributed by atoms with Gasteiger partial charge in [0.2, 0.25) is 0 Å². The molecule has 0 aliphatic rings. The van der Waals surface area contributed by atoms with E-state index in [-0.39, 0.29) is 44.2 Å². The Hall–Kier alpha value is 0.610. The summed E-state index contributed by atoms with van der Waals surface area (Å²) in [6, 6.07) is 0. The third-order valence-corrected chi connectivity index (χ3v) is 3.44. The zero-order valence-electron chi connectivity index (χ0n) is 13.4. The van der Waals surface area contributed by atoms with E-state index in [0.717, 1.165) is 19.3 Å². The maximum absolute atomic E-state index is 11.1. The summed E-state index contributed by atoms with van der Waals surface area (Å²) in [4.78, 5) is 0. The molecule has 0 radical (unpaired) electrons. The second-order valence-corrected chi connectivity index (χ2v) is 5.57. The maximum Gasteiger partial charge on any atom is 1.00 e. The van der Waals surface area contributed by atoms with Crippen LogP contribution < -0.4 is 29.6 Å². The molecule has 0 unspecified atom stereocenters. The van der Waals surface area contributed by atoms with Crippen LogP contribution >= 0.6 is 0 Å². The van der Waals surface area contributed by atoms with Crippen LogP contribution in [0.5, 0.6) is 0 Å². The van der Waals surface area contributed by atoms with Crippen molar-refractivity contribution < 1.29 is 47.8 Å². The molecule has 4 nitrogen and oxygen atoms in total. The molecule has 0 aromatic rings. The van der Waals surface area contributed by atoms with Crippen LogP contribution in [-0.4, -0.2) is 21.6 Å².